The predicted octanol–water partition coefficient (Wildman–Crippen LogP) is -0.0883. The first-order chi connectivity index (χ1) is 6.41. The SMILES string of the molecule is C=COC(=O)C(=C(F)F)C(F)C(=O)[O-]. The molecule has 0 spiro atoms. The van der Waals surface area contributed by atoms with E-state index in [0.29, 0.717) is 6.26 Å². The summed E-state index contributed by atoms with van der Waals surface area (Å²) in [4.78, 5) is 20.4. The van der Waals surface area contributed by atoms with Crippen molar-refractivity contribution in [3.63, 3.8) is 0 Å². The fourth-order valence-corrected chi connectivity index (χ4v) is 0.533. The van der Waals surface area contributed by atoms with Gasteiger partial charge in [0.15, 0.2) is 6.17 Å². The maximum Gasteiger partial charge on any atom is 0.347 e. The summed E-state index contributed by atoms with van der Waals surface area (Å²) in [5.41, 5.74) is -1.90. The van der Waals surface area contributed by atoms with Crippen LogP contribution in [0.3, 0.4) is 0 Å². The Morgan fingerprint density at radius 3 is 2.21 bits per heavy atom. The fourth-order valence-electron chi connectivity index (χ4n) is 0.533. The lowest BCUT2D eigenvalue weighted by atomic mass is 10.2. The van der Waals surface area contributed by atoms with Gasteiger partial charge in [-0.25, -0.2) is 9.18 Å². The molecule has 0 aliphatic rings. The molecule has 0 aliphatic heterocycles. The van der Waals surface area contributed by atoms with Crippen molar-refractivity contribution in [2.24, 2.45) is 0 Å². The molecule has 0 aromatic heterocycles. The van der Waals surface area contributed by atoms with E-state index >= 15 is 0 Å². The van der Waals surface area contributed by atoms with Gasteiger partial charge in [-0.3, -0.25) is 0 Å². The Hall–Kier alpha value is -1.79. The van der Waals surface area contributed by atoms with Crippen LogP contribution in [0, 0.1) is 0 Å². The molecule has 0 aromatic carbocycles. The second-order valence-electron chi connectivity index (χ2n) is 1.93. The molecule has 1 atom stereocenters. The van der Waals surface area contributed by atoms with Crippen molar-refractivity contribution >= 4 is 11.9 Å². The van der Waals surface area contributed by atoms with E-state index in [1.54, 1.807) is 0 Å². The van der Waals surface area contributed by atoms with Crippen LogP contribution in [0.4, 0.5) is 13.2 Å². The van der Waals surface area contributed by atoms with E-state index in [1.165, 1.54) is 0 Å². The highest BCUT2D eigenvalue weighted by molar-refractivity contribution is 5.96. The standard InChI is InChI=1S/C7H5F3O4/c1-2-14-7(13)3(5(9)10)4(8)6(11)12/h2,4H,1H2,(H,11,12)/p-1. The van der Waals surface area contributed by atoms with E-state index in [-0.39, 0.29) is 0 Å². The Labute approximate surface area is 76.3 Å². The molecule has 0 rings (SSSR count). The number of carboxylic acid groups (broad SMARTS) is 1. The maximum absolute atomic E-state index is 12.5. The highest BCUT2D eigenvalue weighted by Gasteiger charge is 2.28. The average molecular weight is 209 g/mol. The monoisotopic (exact) mass is 209 g/mol. The van der Waals surface area contributed by atoms with E-state index in [1.807, 2.05) is 0 Å². The summed E-state index contributed by atoms with van der Waals surface area (Å²) in [6, 6.07) is 0. The molecule has 0 heterocycles. The lowest BCUT2D eigenvalue weighted by molar-refractivity contribution is -0.310. The molecule has 0 N–H and O–H groups in total. The van der Waals surface area contributed by atoms with Crippen molar-refractivity contribution in [3.05, 3.63) is 24.5 Å². The van der Waals surface area contributed by atoms with Crippen molar-refractivity contribution in [2.75, 3.05) is 0 Å². The first kappa shape index (κ1) is 12.2. The Balaban J connectivity index is 4.98. The van der Waals surface area contributed by atoms with E-state index in [4.69, 9.17) is 0 Å². The van der Waals surface area contributed by atoms with Gasteiger partial charge in [0.05, 0.1) is 12.2 Å². The molecule has 14 heavy (non-hydrogen) atoms. The van der Waals surface area contributed by atoms with Crippen LogP contribution in [-0.4, -0.2) is 18.1 Å². The van der Waals surface area contributed by atoms with Crippen molar-refractivity contribution in [1.82, 2.24) is 0 Å². The number of rotatable bonds is 4. The zero-order valence-corrected chi connectivity index (χ0v) is 6.63. The second kappa shape index (κ2) is 5.05. The molecule has 7 heteroatoms. The maximum atomic E-state index is 12.5. The molecule has 1 unspecified atom stereocenters. The summed E-state index contributed by atoms with van der Waals surface area (Å²) in [5, 5.41) is 9.87. The van der Waals surface area contributed by atoms with Crippen molar-refractivity contribution in [3.8, 4) is 0 Å². The lowest BCUT2D eigenvalue weighted by Gasteiger charge is -2.10. The van der Waals surface area contributed by atoms with Gasteiger partial charge >= 0.3 is 5.97 Å². The van der Waals surface area contributed by atoms with Crippen LogP contribution in [-0.2, 0) is 14.3 Å². The third-order valence-electron chi connectivity index (χ3n) is 1.07. The Morgan fingerprint density at radius 1 is 1.43 bits per heavy atom. The number of hydrogen-bond donors (Lipinski definition) is 0. The number of carboxylic acids is 1. The summed E-state index contributed by atoms with van der Waals surface area (Å²) in [6.45, 7) is 2.85. The zero-order valence-electron chi connectivity index (χ0n) is 6.63. The molecule has 0 saturated carbocycles. The highest BCUT2D eigenvalue weighted by Crippen LogP contribution is 2.16. The van der Waals surface area contributed by atoms with Crippen LogP contribution in [0.1, 0.15) is 0 Å². The number of hydrogen-bond acceptors (Lipinski definition) is 4. The summed E-state index contributed by atoms with van der Waals surface area (Å²) in [7, 11) is 0. The minimum Gasteiger partial charge on any atom is -0.547 e. The molecule has 0 aromatic rings. The van der Waals surface area contributed by atoms with Crippen molar-refractivity contribution < 1.29 is 32.6 Å². The number of alkyl halides is 1. The second-order valence-corrected chi connectivity index (χ2v) is 1.93. The topological polar surface area (TPSA) is 66.4 Å². The van der Waals surface area contributed by atoms with Gasteiger partial charge in [0.2, 0.25) is 0 Å². The smallest absolute Gasteiger partial charge is 0.347 e. The van der Waals surface area contributed by atoms with Crippen LogP contribution >= 0.6 is 0 Å². The number of carbonyl (C=O) groups is 2. The van der Waals surface area contributed by atoms with Gasteiger partial charge in [-0.05, 0) is 0 Å². The molecule has 4 nitrogen and oxygen atoms in total. The molecular formula is C7H4F3O4-. The average Bonchev–Trinajstić information content (AvgIpc) is 2.03. The highest BCUT2D eigenvalue weighted by atomic mass is 19.3. The number of ether oxygens (including phenoxy) is 1. The Morgan fingerprint density at radius 2 is 1.93 bits per heavy atom. The first-order valence-corrected chi connectivity index (χ1v) is 3.13. The van der Waals surface area contributed by atoms with Crippen molar-refractivity contribution in [1.29, 1.82) is 0 Å². The predicted molar refractivity (Wildman–Crippen MR) is 35.4 cm³/mol. The van der Waals surface area contributed by atoms with Gasteiger partial charge in [-0.1, -0.05) is 6.58 Å². The number of halogens is 3. The van der Waals surface area contributed by atoms with Crippen LogP contribution < -0.4 is 5.11 Å². The molecular weight excluding hydrogens is 205 g/mol. The summed E-state index contributed by atoms with van der Waals surface area (Å²) >= 11 is 0. The number of esters is 1. The molecule has 0 saturated heterocycles. The molecule has 0 radical (unpaired) electrons. The van der Waals surface area contributed by atoms with Crippen molar-refractivity contribution in [2.45, 2.75) is 6.17 Å². The third kappa shape index (κ3) is 2.92. The van der Waals surface area contributed by atoms with E-state index in [0.717, 1.165) is 0 Å². The Bertz CT molecular complexity index is 293. The van der Waals surface area contributed by atoms with E-state index in [9.17, 15) is 27.9 Å². The number of aliphatic carboxylic acids is 1. The third-order valence-corrected chi connectivity index (χ3v) is 1.07. The molecule has 78 valence electrons. The van der Waals surface area contributed by atoms with Gasteiger partial charge in [0.25, 0.3) is 6.08 Å². The van der Waals surface area contributed by atoms with Gasteiger partial charge in [0.1, 0.15) is 5.57 Å². The minimum atomic E-state index is -3.23. The minimum absolute atomic E-state index is 0.466. The quantitative estimate of drug-likeness (QED) is 0.368. The number of carbonyl (C=O) groups excluding carboxylic acids is 2. The lowest BCUT2D eigenvalue weighted by Crippen LogP contribution is -2.36. The summed E-state index contributed by atoms with van der Waals surface area (Å²) in [6.07, 6.45) is -5.55. The fraction of sp³-hybridized carbons (Fsp3) is 0.143. The van der Waals surface area contributed by atoms with Crippen LogP contribution in [0.5, 0.6) is 0 Å². The largest absolute Gasteiger partial charge is 0.547 e. The first-order valence-electron chi connectivity index (χ1n) is 3.13. The van der Waals surface area contributed by atoms with Crippen LogP contribution in [0.25, 0.3) is 0 Å². The molecule has 0 amide bonds. The van der Waals surface area contributed by atoms with Crippen LogP contribution in [0.15, 0.2) is 24.5 Å². The van der Waals surface area contributed by atoms with E-state index in [2.05, 4.69) is 11.3 Å². The van der Waals surface area contributed by atoms with Crippen LogP contribution in [0.2, 0.25) is 0 Å². The normalized spacial score (nSPS) is 11.4. The van der Waals surface area contributed by atoms with Gasteiger partial charge in [-0.15, -0.1) is 0 Å². The molecule has 0 bridgehead atoms. The summed E-state index contributed by atoms with van der Waals surface area (Å²) in [5.74, 6) is -4.27. The van der Waals surface area contributed by atoms with Gasteiger partial charge < -0.3 is 14.6 Å². The zero-order chi connectivity index (χ0) is 11.3. The van der Waals surface area contributed by atoms with Gasteiger partial charge in [-0.2, -0.15) is 8.78 Å². The summed E-state index contributed by atoms with van der Waals surface area (Å²) < 4.78 is 40.1. The van der Waals surface area contributed by atoms with E-state index < -0.39 is 29.8 Å². The molecule has 0 aliphatic carbocycles. The Kier molecular flexibility index (Phi) is 4.41. The molecule has 0 fully saturated rings. The van der Waals surface area contributed by atoms with Gasteiger partial charge in [0, 0.05) is 0 Å².